The monoisotopic (exact) mass is 561 g/mol. The number of nitro benzene ring substituents is 1. The first-order chi connectivity index (χ1) is 19.2. The van der Waals surface area contributed by atoms with Crippen molar-refractivity contribution in [3.05, 3.63) is 109 Å². The summed E-state index contributed by atoms with van der Waals surface area (Å²) in [6.45, 7) is 4.45. The molecule has 0 amide bonds. The second-order valence-electron chi connectivity index (χ2n) is 9.67. The molecule has 0 saturated carbocycles. The smallest absolute Gasteiger partial charge is 0.337 e. The van der Waals surface area contributed by atoms with Crippen LogP contribution in [0.5, 0.6) is 0 Å². The fourth-order valence-corrected chi connectivity index (χ4v) is 5.77. The van der Waals surface area contributed by atoms with Gasteiger partial charge in [0.15, 0.2) is 0 Å². The van der Waals surface area contributed by atoms with E-state index in [4.69, 9.17) is 9.47 Å². The third-order valence-electron chi connectivity index (χ3n) is 6.83. The van der Waals surface area contributed by atoms with Crippen molar-refractivity contribution < 1.29 is 24.0 Å². The molecule has 0 aliphatic carbocycles. The lowest BCUT2D eigenvalue weighted by Crippen LogP contribution is -2.37. The zero-order valence-corrected chi connectivity index (χ0v) is 23.6. The first-order valence-corrected chi connectivity index (χ1v) is 13.6. The summed E-state index contributed by atoms with van der Waals surface area (Å²) in [5, 5.41) is 13.5. The molecular weight excluding hydrogens is 530 g/mol. The van der Waals surface area contributed by atoms with Crippen LogP contribution in [0.1, 0.15) is 41.9 Å². The predicted molar refractivity (Wildman–Crippen MR) is 153 cm³/mol. The van der Waals surface area contributed by atoms with Gasteiger partial charge in [0.05, 0.1) is 17.6 Å². The van der Waals surface area contributed by atoms with Crippen molar-refractivity contribution in [1.82, 2.24) is 4.90 Å². The Hall–Kier alpha value is -4.15. The highest BCUT2D eigenvalue weighted by Gasteiger charge is 2.43. The van der Waals surface area contributed by atoms with E-state index in [1.54, 1.807) is 19.9 Å². The van der Waals surface area contributed by atoms with Crippen molar-refractivity contribution >= 4 is 34.7 Å². The average molecular weight is 562 g/mol. The van der Waals surface area contributed by atoms with Gasteiger partial charge in [-0.1, -0.05) is 48.5 Å². The molecule has 3 unspecified atom stereocenters. The summed E-state index contributed by atoms with van der Waals surface area (Å²) in [6.07, 6.45) is -0.587. The van der Waals surface area contributed by atoms with Crippen LogP contribution in [0.25, 0.3) is 0 Å². The molecule has 40 heavy (non-hydrogen) atoms. The number of hydrogen-bond donors (Lipinski definition) is 0. The van der Waals surface area contributed by atoms with Gasteiger partial charge in [-0.3, -0.25) is 24.8 Å². The third-order valence-corrected chi connectivity index (χ3v) is 7.79. The number of hydrogen-bond acceptors (Lipinski definition) is 9. The van der Waals surface area contributed by atoms with Crippen molar-refractivity contribution in [2.75, 3.05) is 20.7 Å². The molecule has 2 aromatic carbocycles. The van der Waals surface area contributed by atoms with Crippen LogP contribution in [0.2, 0.25) is 0 Å². The van der Waals surface area contributed by atoms with Gasteiger partial charge in [0.25, 0.3) is 5.69 Å². The minimum atomic E-state index is -0.945. The highest BCUT2D eigenvalue weighted by atomic mass is 32.1. The second-order valence-corrected chi connectivity index (χ2v) is 10.7. The molecule has 0 radical (unpaired) electrons. The van der Waals surface area contributed by atoms with E-state index in [1.165, 1.54) is 36.6 Å². The number of allylic oxidation sites excluding steroid dienone is 1. The van der Waals surface area contributed by atoms with Crippen LogP contribution in [0.4, 0.5) is 5.69 Å². The molecule has 0 fully saturated rings. The quantitative estimate of drug-likeness (QED) is 0.177. The van der Waals surface area contributed by atoms with E-state index in [1.807, 2.05) is 54.9 Å². The van der Waals surface area contributed by atoms with Crippen LogP contribution < -0.4 is 0 Å². The summed E-state index contributed by atoms with van der Waals surface area (Å²) < 4.78 is 11.2. The van der Waals surface area contributed by atoms with E-state index >= 15 is 0 Å². The highest BCUT2D eigenvalue weighted by Crippen LogP contribution is 2.41. The number of carbonyl (C=O) groups excluding carboxylic acids is 2. The first kappa shape index (κ1) is 28.8. The van der Waals surface area contributed by atoms with Crippen LogP contribution in [0, 0.1) is 16.0 Å². The summed E-state index contributed by atoms with van der Waals surface area (Å²) in [5.74, 6) is -3.04. The van der Waals surface area contributed by atoms with Gasteiger partial charge in [-0.05, 0) is 43.5 Å². The first-order valence-electron chi connectivity index (χ1n) is 12.7. The molecule has 208 valence electrons. The van der Waals surface area contributed by atoms with E-state index in [9.17, 15) is 19.7 Å². The maximum absolute atomic E-state index is 14.0. The van der Waals surface area contributed by atoms with Gasteiger partial charge >= 0.3 is 11.9 Å². The maximum atomic E-state index is 14.0. The number of esters is 2. The van der Waals surface area contributed by atoms with Gasteiger partial charge in [0, 0.05) is 47.4 Å². The number of aliphatic imine (C=N–C) groups is 1. The number of thiophene rings is 1. The lowest BCUT2D eigenvalue weighted by Gasteiger charge is -2.32. The summed E-state index contributed by atoms with van der Waals surface area (Å²) >= 11 is 1.48. The SMILES string of the molecule is COC(=O)C1C(C)=NC(C)=C(C(=O)OC(CN(C)Cc2ccccc2)c2cccs2)C1c1cccc([N+](=O)[O-])c1. The van der Waals surface area contributed by atoms with Crippen LogP contribution in [-0.2, 0) is 25.6 Å². The van der Waals surface area contributed by atoms with Crippen LogP contribution >= 0.6 is 11.3 Å². The molecule has 1 aliphatic rings. The predicted octanol–water partition coefficient (Wildman–Crippen LogP) is 5.69. The van der Waals surface area contributed by atoms with Crippen molar-refractivity contribution in [2.24, 2.45) is 10.9 Å². The standard InChI is InChI=1S/C30H31N3O6S/c1-19-26(29(34)38-4)28(22-12-8-13-23(16-22)33(36)37)27(20(2)31-19)30(35)39-24(25-14-9-15-40-25)18-32(3)17-21-10-6-5-7-11-21/h5-16,24,26,28H,17-18H2,1-4H3. The van der Waals surface area contributed by atoms with Gasteiger partial charge in [-0.25, -0.2) is 4.79 Å². The molecular formula is C30H31N3O6S. The summed E-state index contributed by atoms with van der Waals surface area (Å²) in [4.78, 5) is 45.4. The highest BCUT2D eigenvalue weighted by molar-refractivity contribution is 7.10. The Kier molecular flexibility index (Phi) is 9.23. The van der Waals surface area contributed by atoms with E-state index in [-0.39, 0.29) is 11.3 Å². The van der Waals surface area contributed by atoms with Gasteiger partial charge in [0.2, 0.25) is 0 Å². The Labute approximate surface area is 236 Å². The molecule has 0 bridgehead atoms. The Morgan fingerprint density at radius 1 is 1.10 bits per heavy atom. The number of ether oxygens (including phenoxy) is 2. The normalized spacial score (nSPS) is 17.8. The van der Waals surface area contributed by atoms with Gasteiger partial charge in [0.1, 0.15) is 12.0 Å². The molecule has 0 spiro atoms. The number of rotatable bonds is 10. The number of benzene rings is 2. The third kappa shape index (κ3) is 6.52. The summed E-state index contributed by atoms with van der Waals surface area (Å²) in [7, 11) is 3.22. The maximum Gasteiger partial charge on any atom is 0.337 e. The molecule has 2 heterocycles. The average Bonchev–Trinajstić information content (AvgIpc) is 3.47. The molecule has 3 atom stereocenters. The molecule has 1 aliphatic heterocycles. The van der Waals surface area contributed by atoms with E-state index < -0.39 is 34.8 Å². The van der Waals surface area contributed by atoms with E-state index in [0.29, 0.717) is 30.1 Å². The van der Waals surface area contributed by atoms with Gasteiger partial charge in [-0.15, -0.1) is 11.3 Å². The summed E-state index contributed by atoms with van der Waals surface area (Å²) in [6, 6.07) is 19.8. The van der Waals surface area contributed by atoms with E-state index in [2.05, 4.69) is 9.89 Å². The summed E-state index contributed by atoms with van der Waals surface area (Å²) in [5.41, 5.74) is 2.43. The number of carbonyl (C=O) groups is 2. The van der Waals surface area contributed by atoms with Crippen LogP contribution in [0.3, 0.4) is 0 Å². The van der Waals surface area contributed by atoms with Crippen molar-refractivity contribution in [1.29, 1.82) is 0 Å². The number of nitrogens with zero attached hydrogens (tertiary/aromatic N) is 3. The van der Waals surface area contributed by atoms with Crippen molar-refractivity contribution in [3.8, 4) is 0 Å². The Balaban J connectivity index is 1.69. The van der Waals surface area contributed by atoms with E-state index in [0.717, 1.165) is 10.4 Å². The fraction of sp³-hybridized carbons (Fsp3) is 0.300. The number of likely N-dealkylation sites (N-methyl/N-ethyl adjacent to an activating group) is 1. The molecule has 0 N–H and O–H groups in total. The minimum absolute atomic E-state index is 0.148. The van der Waals surface area contributed by atoms with Crippen molar-refractivity contribution in [2.45, 2.75) is 32.4 Å². The Bertz CT molecular complexity index is 1430. The molecule has 0 saturated heterocycles. The molecule has 4 rings (SSSR count). The fourth-order valence-electron chi connectivity index (χ4n) is 5.02. The largest absolute Gasteiger partial charge is 0.468 e. The minimum Gasteiger partial charge on any atom is -0.468 e. The lowest BCUT2D eigenvalue weighted by molar-refractivity contribution is -0.384. The molecule has 1 aromatic heterocycles. The zero-order chi connectivity index (χ0) is 28.8. The molecule has 9 nitrogen and oxygen atoms in total. The number of methoxy groups -OCH3 is 1. The zero-order valence-electron chi connectivity index (χ0n) is 22.8. The lowest BCUT2D eigenvalue weighted by atomic mass is 9.75. The van der Waals surface area contributed by atoms with Crippen LogP contribution in [0.15, 0.2) is 88.4 Å². The molecule has 10 heteroatoms. The van der Waals surface area contributed by atoms with Gasteiger partial charge < -0.3 is 9.47 Å². The Morgan fingerprint density at radius 2 is 1.85 bits per heavy atom. The van der Waals surface area contributed by atoms with Gasteiger partial charge in [-0.2, -0.15) is 0 Å². The topological polar surface area (TPSA) is 111 Å². The second kappa shape index (κ2) is 12.8. The number of non-ortho nitro benzene ring substituents is 1. The number of nitro groups is 1. The van der Waals surface area contributed by atoms with Crippen LogP contribution in [-0.4, -0.2) is 48.2 Å². The molecule has 3 aromatic rings. The Morgan fingerprint density at radius 3 is 2.50 bits per heavy atom. The van der Waals surface area contributed by atoms with Crippen molar-refractivity contribution in [3.63, 3.8) is 0 Å².